The van der Waals surface area contributed by atoms with Gasteiger partial charge in [-0.2, -0.15) is 13.2 Å². The molecular weight excluding hydrogens is 251 g/mol. The molecular formula is C10H16F3N3O2. The summed E-state index contributed by atoms with van der Waals surface area (Å²) in [6.45, 7) is 1.44. The Balaban J connectivity index is 2.82. The summed E-state index contributed by atoms with van der Waals surface area (Å²) in [5.74, 6) is -2.01. The van der Waals surface area contributed by atoms with Gasteiger partial charge in [0.15, 0.2) is 0 Å². The van der Waals surface area contributed by atoms with Crippen LogP contribution in [0.15, 0.2) is 0 Å². The van der Waals surface area contributed by atoms with Crippen LogP contribution in [0, 0.1) is 0 Å². The molecule has 5 nitrogen and oxygen atoms in total. The summed E-state index contributed by atoms with van der Waals surface area (Å²) < 4.78 is 38.0. The number of amides is 2. The van der Waals surface area contributed by atoms with Gasteiger partial charge < -0.3 is 15.5 Å². The van der Waals surface area contributed by atoms with Gasteiger partial charge in [-0.25, -0.2) is 0 Å². The third-order valence-corrected chi connectivity index (χ3v) is 2.81. The lowest BCUT2D eigenvalue weighted by Crippen LogP contribution is -2.62. The molecule has 0 radical (unpaired) electrons. The van der Waals surface area contributed by atoms with Gasteiger partial charge in [-0.05, 0) is 6.42 Å². The molecule has 0 aromatic carbocycles. The van der Waals surface area contributed by atoms with Gasteiger partial charge in [0, 0.05) is 26.2 Å². The van der Waals surface area contributed by atoms with Crippen molar-refractivity contribution in [3.05, 3.63) is 0 Å². The maximum atomic E-state index is 12.7. The summed E-state index contributed by atoms with van der Waals surface area (Å²) in [4.78, 5) is 25.0. The van der Waals surface area contributed by atoms with E-state index in [1.54, 1.807) is 0 Å². The molecule has 0 aliphatic carbocycles. The van der Waals surface area contributed by atoms with Crippen LogP contribution < -0.4 is 5.73 Å². The van der Waals surface area contributed by atoms with Crippen LogP contribution in [0.5, 0.6) is 0 Å². The first kappa shape index (κ1) is 14.7. The van der Waals surface area contributed by atoms with Crippen molar-refractivity contribution in [1.82, 2.24) is 9.80 Å². The van der Waals surface area contributed by atoms with Crippen LogP contribution in [0.3, 0.4) is 0 Å². The van der Waals surface area contributed by atoms with E-state index in [0.29, 0.717) is 17.9 Å². The van der Waals surface area contributed by atoms with Crippen molar-refractivity contribution < 1.29 is 22.8 Å². The van der Waals surface area contributed by atoms with Crippen LogP contribution in [0.4, 0.5) is 13.2 Å². The number of piperazine rings is 1. The molecule has 1 heterocycles. The molecule has 0 saturated carbocycles. The predicted octanol–water partition coefficient (Wildman–Crippen LogP) is -0.0432. The second kappa shape index (κ2) is 5.55. The van der Waals surface area contributed by atoms with E-state index in [1.807, 2.05) is 6.92 Å². The maximum absolute atomic E-state index is 12.7. The van der Waals surface area contributed by atoms with Crippen LogP contribution in [-0.4, -0.2) is 60.0 Å². The number of halogens is 3. The quantitative estimate of drug-likeness (QED) is 0.727. The number of nitrogens with two attached hydrogens (primary N) is 1. The molecule has 104 valence electrons. The number of carbonyl (C=O) groups excluding carboxylic acids is 2. The lowest BCUT2D eigenvalue weighted by molar-refractivity contribution is -0.193. The minimum Gasteiger partial charge on any atom is -0.333 e. The molecule has 8 heteroatoms. The summed E-state index contributed by atoms with van der Waals surface area (Å²) in [5, 5.41) is 0. The minimum atomic E-state index is -4.61. The first-order valence-electron chi connectivity index (χ1n) is 5.69. The van der Waals surface area contributed by atoms with Crippen molar-refractivity contribution in [2.45, 2.75) is 25.6 Å². The van der Waals surface area contributed by atoms with Crippen LogP contribution in [0.25, 0.3) is 0 Å². The van der Waals surface area contributed by atoms with Crippen molar-refractivity contribution in [2.75, 3.05) is 26.2 Å². The molecule has 0 spiro atoms. The fourth-order valence-electron chi connectivity index (χ4n) is 1.91. The molecule has 2 amide bonds. The van der Waals surface area contributed by atoms with Crippen LogP contribution in [-0.2, 0) is 9.59 Å². The standard InChI is InChI=1S/C10H16F3N3O2/c1-2-3-15-4-5-16(9(18)8(15)17)7(6-14)10(11,12)13/h7H,2-6,14H2,1H3. The Morgan fingerprint density at radius 3 is 2.33 bits per heavy atom. The third-order valence-electron chi connectivity index (χ3n) is 2.81. The number of hydrogen-bond donors (Lipinski definition) is 1. The van der Waals surface area contributed by atoms with E-state index in [9.17, 15) is 22.8 Å². The Bertz CT molecular complexity index is 333. The number of hydrogen-bond acceptors (Lipinski definition) is 3. The highest BCUT2D eigenvalue weighted by molar-refractivity contribution is 6.35. The summed E-state index contributed by atoms with van der Waals surface area (Å²) in [6.07, 6.45) is -3.96. The van der Waals surface area contributed by atoms with Crippen molar-refractivity contribution in [3.63, 3.8) is 0 Å². The van der Waals surface area contributed by atoms with Crippen LogP contribution >= 0.6 is 0 Å². The fourth-order valence-corrected chi connectivity index (χ4v) is 1.91. The lowest BCUT2D eigenvalue weighted by Gasteiger charge is -2.38. The van der Waals surface area contributed by atoms with E-state index >= 15 is 0 Å². The monoisotopic (exact) mass is 267 g/mol. The lowest BCUT2D eigenvalue weighted by atomic mass is 10.2. The molecule has 1 saturated heterocycles. The van der Waals surface area contributed by atoms with E-state index in [1.165, 1.54) is 4.90 Å². The molecule has 0 bridgehead atoms. The maximum Gasteiger partial charge on any atom is 0.410 e. The molecule has 2 N–H and O–H groups in total. The van der Waals surface area contributed by atoms with Crippen LogP contribution in [0.2, 0.25) is 0 Å². The molecule has 1 atom stereocenters. The highest BCUT2D eigenvalue weighted by Crippen LogP contribution is 2.25. The summed E-state index contributed by atoms with van der Waals surface area (Å²) in [7, 11) is 0. The van der Waals surface area contributed by atoms with Gasteiger partial charge in [-0.3, -0.25) is 9.59 Å². The average Bonchev–Trinajstić information content (AvgIpc) is 2.27. The van der Waals surface area contributed by atoms with E-state index < -0.39 is 30.6 Å². The summed E-state index contributed by atoms with van der Waals surface area (Å²) in [5.41, 5.74) is 5.05. The molecule has 0 aromatic heterocycles. The third kappa shape index (κ3) is 2.92. The Morgan fingerprint density at radius 1 is 1.28 bits per heavy atom. The Kier molecular flexibility index (Phi) is 4.55. The van der Waals surface area contributed by atoms with Gasteiger partial charge >= 0.3 is 18.0 Å². The van der Waals surface area contributed by atoms with Crippen molar-refractivity contribution >= 4 is 11.8 Å². The zero-order valence-electron chi connectivity index (χ0n) is 10.0. The number of carbonyl (C=O) groups is 2. The zero-order valence-corrected chi connectivity index (χ0v) is 10.0. The Hall–Kier alpha value is -1.31. The van der Waals surface area contributed by atoms with Gasteiger partial charge in [0.05, 0.1) is 0 Å². The number of alkyl halides is 3. The highest BCUT2D eigenvalue weighted by Gasteiger charge is 2.47. The molecule has 1 aliphatic heterocycles. The number of nitrogens with zero attached hydrogens (tertiary/aromatic N) is 2. The van der Waals surface area contributed by atoms with Gasteiger partial charge in [-0.15, -0.1) is 0 Å². The Morgan fingerprint density at radius 2 is 1.89 bits per heavy atom. The van der Waals surface area contributed by atoms with E-state index in [4.69, 9.17) is 5.73 Å². The van der Waals surface area contributed by atoms with Gasteiger partial charge in [0.2, 0.25) is 0 Å². The predicted molar refractivity (Wildman–Crippen MR) is 57.5 cm³/mol. The average molecular weight is 267 g/mol. The normalized spacial score (nSPS) is 19.4. The van der Waals surface area contributed by atoms with Gasteiger partial charge in [-0.1, -0.05) is 6.92 Å². The van der Waals surface area contributed by atoms with Crippen LogP contribution in [0.1, 0.15) is 13.3 Å². The molecule has 1 fully saturated rings. The van der Waals surface area contributed by atoms with E-state index in [-0.39, 0.29) is 13.1 Å². The summed E-state index contributed by atoms with van der Waals surface area (Å²) >= 11 is 0. The zero-order chi connectivity index (χ0) is 13.9. The fraction of sp³-hybridized carbons (Fsp3) is 0.800. The topological polar surface area (TPSA) is 66.6 Å². The number of rotatable bonds is 4. The highest BCUT2D eigenvalue weighted by atomic mass is 19.4. The second-order valence-electron chi connectivity index (χ2n) is 4.08. The van der Waals surface area contributed by atoms with E-state index in [2.05, 4.69) is 0 Å². The Labute approximate surface area is 103 Å². The minimum absolute atomic E-state index is 0.116. The van der Waals surface area contributed by atoms with Crippen molar-refractivity contribution in [3.8, 4) is 0 Å². The first-order chi connectivity index (χ1) is 8.32. The molecule has 1 aliphatic rings. The first-order valence-corrected chi connectivity index (χ1v) is 5.69. The molecule has 0 aromatic rings. The SMILES string of the molecule is CCCN1CCN(C(CN)C(F)(F)F)C(=O)C1=O. The molecule has 1 rings (SSSR count). The van der Waals surface area contributed by atoms with Crippen molar-refractivity contribution in [2.24, 2.45) is 5.73 Å². The van der Waals surface area contributed by atoms with Crippen molar-refractivity contribution in [1.29, 1.82) is 0 Å². The van der Waals surface area contributed by atoms with Gasteiger partial charge in [0.25, 0.3) is 0 Å². The molecule has 1 unspecified atom stereocenters. The molecule has 18 heavy (non-hydrogen) atoms. The summed E-state index contributed by atoms with van der Waals surface area (Å²) in [6, 6.07) is -2.09. The second-order valence-corrected chi connectivity index (χ2v) is 4.08. The van der Waals surface area contributed by atoms with E-state index in [0.717, 1.165) is 0 Å². The largest absolute Gasteiger partial charge is 0.410 e. The van der Waals surface area contributed by atoms with Gasteiger partial charge in [0.1, 0.15) is 6.04 Å². The smallest absolute Gasteiger partial charge is 0.333 e.